The number of thioether (sulfide) groups is 1. The smallest absolute Gasteiger partial charge is 0.265 e. The Morgan fingerprint density at radius 1 is 1.29 bits per heavy atom. The Labute approximate surface area is 92.8 Å². The number of hydrogen-bond acceptors (Lipinski definition) is 2. The summed E-state index contributed by atoms with van der Waals surface area (Å²) in [5.41, 5.74) is 1.33. The standard InChI is InChI=1S/C11H13OS2/c1-12-10-5-3-9(4-6-10)11-13-7-2-8-14-11/h3-6H,2,7-8H2,1H3/q+1. The highest BCUT2D eigenvalue weighted by Gasteiger charge is 2.18. The van der Waals surface area contributed by atoms with Crippen LogP contribution in [0, 0.1) is 0 Å². The molecule has 1 aliphatic rings. The summed E-state index contributed by atoms with van der Waals surface area (Å²) in [6.45, 7) is 0. The van der Waals surface area contributed by atoms with E-state index in [1.54, 1.807) is 7.11 Å². The maximum atomic E-state index is 5.13. The molecule has 1 aliphatic heterocycles. The summed E-state index contributed by atoms with van der Waals surface area (Å²) in [5.74, 6) is 3.45. The van der Waals surface area contributed by atoms with Crippen LogP contribution in [0.5, 0.6) is 5.75 Å². The second kappa shape index (κ2) is 4.80. The molecule has 0 aromatic heterocycles. The molecule has 0 unspecified atom stereocenters. The summed E-state index contributed by atoms with van der Waals surface area (Å²) in [4.78, 5) is 0. The van der Waals surface area contributed by atoms with E-state index in [2.05, 4.69) is 12.1 Å². The van der Waals surface area contributed by atoms with Crippen LogP contribution in [0.3, 0.4) is 0 Å². The molecule has 0 N–H and O–H groups in total. The molecular formula is C11H13OS2+. The second-order valence-electron chi connectivity index (χ2n) is 3.07. The average Bonchev–Trinajstić information content (AvgIpc) is 2.30. The van der Waals surface area contributed by atoms with Crippen molar-refractivity contribution in [2.45, 2.75) is 6.42 Å². The third-order valence-electron chi connectivity index (χ3n) is 2.08. The number of hydrogen-bond donors (Lipinski definition) is 0. The average molecular weight is 225 g/mol. The van der Waals surface area contributed by atoms with E-state index in [-0.39, 0.29) is 0 Å². The molecule has 3 heteroatoms. The van der Waals surface area contributed by atoms with Gasteiger partial charge in [-0.3, -0.25) is 0 Å². The zero-order valence-corrected chi connectivity index (χ0v) is 9.79. The molecule has 0 amide bonds. The first-order valence-electron chi connectivity index (χ1n) is 4.67. The largest absolute Gasteiger partial charge is 0.497 e. The van der Waals surface area contributed by atoms with E-state index in [4.69, 9.17) is 4.74 Å². The monoisotopic (exact) mass is 225 g/mol. The van der Waals surface area contributed by atoms with Crippen molar-refractivity contribution in [2.75, 3.05) is 18.6 Å². The summed E-state index contributed by atoms with van der Waals surface area (Å²) in [6, 6.07) is 8.33. The van der Waals surface area contributed by atoms with Crippen LogP contribution >= 0.6 is 11.8 Å². The quantitative estimate of drug-likeness (QED) is 0.564. The predicted octanol–water partition coefficient (Wildman–Crippen LogP) is 2.39. The fourth-order valence-corrected chi connectivity index (χ4v) is 3.89. The van der Waals surface area contributed by atoms with Crippen molar-refractivity contribution in [1.29, 1.82) is 0 Å². The van der Waals surface area contributed by atoms with Crippen LogP contribution in [-0.4, -0.2) is 22.8 Å². The van der Waals surface area contributed by atoms with Crippen molar-refractivity contribution in [1.82, 2.24) is 0 Å². The van der Waals surface area contributed by atoms with Crippen molar-refractivity contribution >= 4 is 27.3 Å². The lowest BCUT2D eigenvalue weighted by Gasteiger charge is -2.03. The minimum atomic E-state index is 0.931. The maximum Gasteiger partial charge on any atom is 0.265 e. The van der Waals surface area contributed by atoms with E-state index < -0.39 is 0 Å². The molecule has 2 rings (SSSR count). The fourth-order valence-electron chi connectivity index (χ4n) is 1.32. The minimum Gasteiger partial charge on any atom is -0.497 e. The molecule has 74 valence electrons. The lowest BCUT2D eigenvalue weighted by molar-refractivity contribution is 0.415. The molecule has 0 fully saturated rings. The van der Waals surface area contributed by atoms with Crippen molar-refractivity contribution in [3.05, 3.63) is 29.8 Å². The third kappa shape index (κ3) is 2.28. The van der Waals surface area contributed by atoms with Crippen molar-refractivity contribution < 1.29 is 4.74 Å². The van der Waals surface area contributed by atoms with Gasteiger partial charge in [-0.25, -0.2) is 0 Å². The second-order valence-corrected chi connectivity index (χ2v) is 5.54. The molecule has 0 saturated carbocycles. The van der Waals surface area contributed by atoms with Gasteiger partial charge in [-0.05, 0) is 24.3 Å². The van der Waals surface area contributed by atoms with Gasteiger partial charge < -0.3 is 4.74 Å². The van der Waals surface area contributed by atoms with Gasteiger partial charge in [0.2, 0.25) is 0 Å². The minimum absolute atomic E-state index is 0.931. The Morgan fingerprint density at radius 2 is 2.07 bits per heavy atom. The van der Waals surface area contributed by atoms with Gasteiger partial charge in [0.05, 0.1) is 7.11 Å². The zero-order chi connectivity index (χ0) is 9.80. The first kappa shape index (κ1) is 9.99. The normalized spacial score (nSPS) is 16.2. The van der Waals surface area contributed by atoms with Gasteiger partial charge in [0.1, 0.15) is 5.75 Å². The Balaban J connectivity index is 2.19. The highest BCUT2D eigenvalue weighted by atomic mass is 32.2. The summed E-state index contributed by atoms with van der Waals surface area (Å²) >= 11 is 3.94. The molecular weight excluding hydrogens is 212 g/mol. The Bertz CT molecular complexity index is 330. The van der Waals surface area contributed by atoms with E-state index in [0.717, 1.165) is 5.75 Å². The molecule has 1 aromatic rings. The third-order valence-corrected chi connectivity index (χ3v) is 4.77. The summed E-state index contributed by atoms with van der Waals surface area (Å²) in [7, 11) is 1.70. The van der Waals surface area contributed by atoms with Gasteiger partial charge in [0.15, 0.2) is 17.1 Å². The van der Waals surface area contributed by atoms with Crippen molar-refractivity contribution in [2.24, 2.45) is 0 Å². The first-order valence-corrected chi connectivity index (χ1v) is 6.64. The maximum absolute atomic E-state index is 5.13. The number of methoxy groups -OCH3 is 1. The molecule has 14 heavy (non-hydrogen) atoms. The lowest BCUT2D eigenvalue weighted by Crippen LogP contribution is -2.06. The van der Waals surface area contributed by atoms with Gasteiger partial charge in [-0.2, -0.15) is 0 Å². The van der Waals surface area contributed by atoms with E-state index in [1.165, 1.54) is 27.7 Å². The Kier molecular flexibility index (Phi) is 3.43. The number of ether oxygens (including phenoxy) is 1. The fraction of sp³-hybridized carbons (Fsp3) is 0.364. The van der Waals surface area contributed by atoms with Crippen molar-refractivity contribution in [3.63, 3.8) is 0 Å². The molecule has 0 bridgehead atoms. The predicted molar refractivity (Wildman–Crippen MR) is 66.4 cm³/mol. The van der Waals surface area contributed by atoms with E-state index in [0.29, 0.717) is 0 Å². The zero-order valence-electron chi connectivity index (χ0n) is 8.16. The Morgan fingerprint density at radius 3 is 2.64 bits per heavy atom. The van der Waals surface area contributed by atoms with E-state index in [1.807, 2.05) is 35.2 Å². The van der Waals surface area contributed by atoms with Crippen LogP contribution in [0.4, 0.5) is 0 Å². The molecule has 0 atom stereocenters. The molecule has 1 nitrogen and oxygen atoms in total. The molecule has 1 aromatic carbocycles. The number of rotatable bonds is 2. The van der Waals surface area contributed by atoms with Crippen molar-refractivity contribution in [3.8, 4) is 5.75 Å². The summed E-state index contributed by atoms with van der Waals surface area (Å²) in [5, 5.41) is 0. The van der Waals surface area contributed by atoms with Gasteiger partial charge in [0, 0.05) is 17.7 Å². The van der Waals surface area contributed by atoms with E-state index in [9.17, 15) is 0 Å². The topological polar surface area (TPSA) is 9.23 Å². The molecule has 0 spiro atoms. The van der Waals surface area contributed by atoms with Gasteiger partial charge in [-0.1, -0.05) is 11.8 Å². The van der Waals surface area contributed by atoms with E-state index >= 15 is 0 Å². The van der Waals surface area contributed by atoms with Crippen LogP contribution in [0.1, 0.15) is 12.0 Å². The van der Waals surface area contributed by atoms with Crippen LogP contribution < -0.4 is 4.74 Å². The van der Waals surface area contributed by atoms with Crippen LogP contribution in [-0.2, 0) is 11.4 Å². The molecule has 0 saturated heterocycles. The lowest BCUT2D eigenvalue weighted by atomic mass is 10.2. The highest BCUT2D eigenvalue weighted by Crippen LogP contribution is 2.20. The first-order chi connectivity index (χ1) is 6.90. The Hall–Kier alpha value is -0.540. The number of benzene rings is 1. The van der Waals surface area contributed by atoms with Crippen LogP contribution in [0.25, 0.3) is 0 Å². The molecule has 1 heterocycles. The van der Waals surface area contributed by atoms with Gasteiger partial charge in [-0.15, -0.1) is 0 Å². The SMILES string of the molecule is COc1ccc(C2=[S+]CCCS2)cc1. The highest BCUT2D eigenvalue weighted by molar-refractivity contribution is 8.23. The molecule has 0 radical (unpaired) electrons. The van der Waals surface area contributed by atoms with Crippen LogP contribution in [0.15, 0.2) is 24.3 Å². The summed E-state index contributed by atoms with van der Waals surface area (Å²) < 4.78 is 6.59. The van der Waals surface area contributed by atoms with Crippen LogP contribution in [0.2, 0.25) is 0 Å². The van der Waals surface area contributed by atoms with Gasteiger partial charge in [0.25, 0.3) is 4.20 Å². The van der Waals surface area contributed by atoms with Gasteiger partial charge >= 0.3 is 0 Å². The molecule has 0 aliphatic carbocycles. The summed E-state index contributed by atoms with van der Waals surface area (Å²) in [6.07, 6.45) is 1.33.